The molecule has 0 saturated heterocycles. The van der Waals surface area contributed by atoms with Crippen LogP contribution in [0.1, 0.15) is 19.4 Å². The molecule has 3 nitrogen and oxygen atoms in total. The number of nitrogens with zero attached hydrogens (tertiary/aromatic N) is 1. The van der Waals surface area contributed by atoms with E-state index in [-0.39, 0.29) is 18.0 Å². The minimum absolute atomic E-state index is 0.0597. The molecule has 18 heavy (non-hydrogen) atoms. The average molecular weight is 252 g/mol. The summed E-state index contributed by atoms with van der Waals surface area (Å²) in [6.07, 6.45) is 0. The predicted octanol–water partition coefficient (Wildman–Crippen LogP) is 2.38. The number of halogens is 2. The molecule has 0 aromatic heterocycles. The Morgan fingerprint density at radius 1 is 1.44 bits per heavy atom. The Kier molecular flexibility index (Phi) is 4.78. The van der Waals surface area contributed by atoms with Crippen LogP contribution in [0.25, 0.3) is 0 Å². The molecule has 0 aliphatic rings. The Morgan fingerprint density at radius 2 is 2.11 bits per heavy atom. The molecule has 1 amide bonds. The lowest BCUT2D eigenvalue weighted by molar-refractivity contribution is -0.124. The first-order valence-electron chi connectivity index (χ1n) is 5.57. The molecule has 5 heteroatoms. The van der Waals surface area contributed by atoms with Crippen molar-refractivity contribution in [3.8, 4) is 6.07 Å². The predicted molar refractivity (Wildman–Crippen MR) is 62.1 cm³/mol. The van der Waals surface area contributed by atoms with Gasteiger partial charge < -0.3 is 5.32 Å². The Balaban J connectivity index is 2.66. The molecule has 1 aromatic carbocycles. The number of benzene rings is 1. The number of hydrogen-bond acceptors (Lipinski definition) is 2. The van der Waals surface area contributed by atoms with Gasteiger partial charge in [-0.05, 0) is 12.0 Å². The first-order chi connectivity index (χ1) is 8.45. The molecule has 1 rings (SSSR count). The lowest BCUT2D eigenvalue weighted by atomic mass is 9.96. The van der Waals surface area contributed by atoms with Gasteiger partial charge in [0.05, 0.1) is 6.07 Å². The van der Waals surface area contributed by atoms with Crippen LogP contribution in [0, 0.1) is 34.8 Å². The highest BCUT2D eigenvalue weighted by Gasteiger charge is 2.21. The van der Waals surface area contributed by atoms with E-state index in [1.165, 1.54) is 6.07 Å². The van der Waals surface area contributed by atoms with Crippen LogP contribution < -0.4 is 5.32 Å². The number of nitriles is 1. The summed E-state index contributed by atoms with van der Waals surface area (Å²) in [5, 5.41) is 11.3. The van der Waals surface area contributed by atoms with Gasteiger partial charge in [0.2, 0.25) is 5.91 Å². The zero-order valence-corrected chi connectivity index (χ0v) is 10.2. The van der Waals surface area contributed by atoms with Crippen molar-refractivity contribution in [1.82, 2.24) is 5.32 Å². The van der Waals surface area contributed by atoms with Gasteiger partial charge in [-0.3, -0.25) is 4.79 Å². The van der Waals surface area contributed by atoms with E-state index in [0.717, 1.165) is 12.1 Å². The summed E-state index contributed by atoms with van der Waals surface area (Å²) in [6, 6.07) is 5.04. The van der Waals surface area contributed by atoms with Crippen LogP contribution in [0.5, 0.6) is 0 Å². The highest BCUT2D eigenvalue weighted by Crippen LogP contribution is 2.12. The monoisotopic (exact) mass is 252 g/mol. The van der Waals surface area contributed by atoms with Gasteiger partial charge in [0.25, 0.3) is 0 Å². The van der Waals surface area contributed by atoms with Crippen molar-refractivity contribution in [2.24, 2.45) is 11.8 Å². The van der Waals surface area contributed by atoms with Gasteiger partial charge in [-0.1, -0.05) is 19.9 Å². The summed E-state index contributed by atoms with van der Waals surface area (Å²) in [7, 11) is 0. The van der Waals surface area contributed by atoms with E-state index >= 15 is 0 Å². The van der Waals surface area contributed by atoms with Crippen molar-refractivity contribution in [3.05, 3.63) is 35.4 Å². The molecule has 1 aromatic rings. The number of amides is 1. The molecule has 0 bridgehead atoms. The number of carbonyl (C=O) groups is 1. The summed E-state index contributed by atoms with van der Waals surface area (Å²) in [5.41, 5.74) is 0.185. The maximum absolute atomic E-state index is 13.3. The number of rotatable bonds is 4. The first kappa shape index (κ1) is 14.1. The molecule has 1 unspecified atom stereocenters. The van der Waals surface area contributed by atoms with Crippen LogP contribution in [-0.4, -0.2) is 5.91 Å². The zero-order chi connectivity index (χ0) is 13.7. The van der Waals surface area contributed by atoms with Gasteiger partial charge in [0.1, 0.15) is 17.6 Å². The normalized spacial score (nSPS) is 12.0. The first-order valence-corrected chi connectivity index (χ1v) is 5.57. The molecule has 0 radical (unpaired) electrons. The van der Waals surface area contributed by atoms with Crippen LogP contribution >= 0.6 is 0 Å². The van der Waals surface area contributed by atoms with Gasteiger partial charge in [-0.25, -0.2) is 8.78 Å². The topological polar surface area (TPSA) is 52.9 Å². The minimum atomic E-state index is -0.770. The quantitative estimate of drug-likeness (QED) is 0.894. The molecule has 0 aliphatic heterocycles. The lowest BCUT2D eigenvalue weighted by Gasteiger charge is -2.13. The van der Waals surface area contributed by atoms with Crippen molar-refractivity contribution in [1.29, 1.82) is 5.26 Å². The van der Waals surface area contributed by atoms with Crippen molar-refractivity contribution in [2.45, 2.75) is 20.4 Å². The highest BCUT2D eigenvalue weighted by molar-refractivity contribution is 5.81. The SMILES string of the molecule is CC(C)C(C#N)C(=O)NCc1ccc(F)cc1F. The summed E-state index contributed by atoms with van der Waals surface area (Å²) >= 11 is 0. The smallest absolute Gasteiger partial charge is 0.237 e. The molecule has 0 saturated carbocycles. The third kappa shape index (κ3) is 3.52. The van der Waals surface area contributed by atoms with E-state index in [1.807, 2.05) is 6.07 Å². The average Bonchev–Trinajstić information content (AvgIpc) is 2.28. The zero-order valence-electron chi connectivity index (χ0n) is 10.2. The van der Waals surface area contributed by atoms with Crippen molar-refractivity contribution >= 4 is 5.91 Å². The number of carbonyl (C=O) groups excluding carboxylic acids is 1. The van der Waals surface area contributed by atoms with Gasteiger partial charge in [-0.2, -0.15) is 5.26 Å². The Labute approximate surface area is 104 Å². The second kappa shape index (κ2) is 6.10. The third-order valence-corrected chi connectivity index (χ3v) is 2.56. The maximum atomic E-state index is 13.3. The van der Waals surface area contributed by atoms with Crippen LogP contribution in [-0.2, 0) is 11.3 Å². The van der Waals surface area contributed by atoms with Crippen LogP contribution in [0.3, 0.4) is 0 Å². The molecule has 0 spiro atoms. The summed E-state index contributed by atoms with van der Waals surface area (Å²) in [5.74, 6) is -2.72. The van der Waals surface area contributed by atoms with E-state index in [9.17, 15) is 13.6 Å². The Morgan fingerprint density at radius 3 is 2.61 bits per heavy atom. The molecule has 0 heterocycles. The molecule has 1 atom stereocenters. The van der Waals surface area contributed by atoms with Gasteiger partial charge in [-0.15, -0.1) is 0 Å². The van der Waals surface area contributed by atoms with Crippen molar-refractivity contribution < 1.29 is 13.6 Å². The molecular weight excluding hydrogens is 238 g/mol. The fourth-order valence-corrected chi connectivity index (χ4v) is 1.47. The van der Waals surface area contributed by atoms with Crippen molar-refractivity contribution in [3.63, 3.8) is 0 Å². The lowest BCUT2D eigenvalue weighted by Crippen LogP contribution is -2.32. The summed E-state index contributed by atoms with van der Waals surface area (Å²) < 4.78 is 26.0. The second-order valence-corrected chi connectivity index (χ2v) is 4.30. The summed E-state index contributed by atoms with van der Waals surface area (Å²) in [4.78, 5) is 11.6. The second-order valence-electron chi connectivity index (χ2n) is 4.30. The highest BCUT2D eigenvalue weighted by atomic mass is 19.1. The molecular formula is C13H14F2N2O. The van der Waals surface area contributed by atoms with E-state index < -0.39 is 23.5 Å². The molecule has 1 N–H and O–H groups in total. The fraction of sp³-hybridized carbons (Fsp3) is 0.385. The number of nitrogens with one attached hydrogen (secondary N) is 1. The van der Waals surface area contributed by atoms with E-state index in [1.54, 1.807) is 13.8 Å². The Bertz CT molecular complexity index is 480. The van der Waals surface area contributed by atoms with E-state index in [0.29, 0.717) is 0 Å². The van der Waals surface area contributed by atoms with Gasteiger partial charge in [0.15, 0.2) is 0 Å². The van der Waals surface area contributed by atoms with E-state index in [2.05, 4.69) is 5.32 Å². The van der Waals surface area contributed by atoms with E-state index in [4.69, 9.17) is 5.26 Å². The van der Waals surface area contributed by atoms with Crippen LogP contribution in [0.4, 0.5) is 8.78 Å². The standard InChI is InChI=1S/C13H14F2N2O/c1-8(2)11(6-16)13(18)17-7-9-3-4-10(14)5-12(9)15/h3-5,8,11H,7H2,1-2H3,(H,17,18). The molecule has 0 aliphatic carbocycles. The summed E-state index contributed by atoms with van der Waals surface area (Å²) in [6.45, 7) is 3.45. The van der Waals surface area contributed by atoms with Gasteiger partial charge >= 0.3 is 0 Å². The van der Waals surface area contributed by atoms with Crippen LogP contribution in [0.15, 0.2) is 18.2 Å². The third-order valence-electron chi connectivity index (χ3n) is 2.56. The number of hydrogen-bond donors (Lipinski definition) is 1. The molecule has 96 valence electrons. The van der Waals surface area contributed by atoms with Gasteiger partial charge in [0, 0.05) is 18.2 Å². The molecule has 0 fully saturated rings. The Hall–Kier alpha value is -1.96. The minimum Gasteiger partial charge on any atom is -0.351 e. The van der Waals surface area contributed by atoms with Crippen LogP contribution in [0.2, 0.25) is 0 Å². The maximum Gasteiger partial charge on any atom is 0.237 e. The fourth-order valence-electron chi connectivity index (χ4n) is 1.47. The van der Waals surface area contributed by atoms with Crippen molar-refractivity contribution in [2.75, 3.05) is 0 Å². The largest absolute Gasteiger partial charge is 0.351 e.